The molecule has 18 heavy (non-hydrogen) atoms. The molecule has 0 spiro atoms. The van der Waals surface area contributed by atoms with Crippen molar-refractivity contribution < 1.29 is 9.84 Å². The Hall–Kier alpha value is -2.14. The number of hydrogen-bond acceptors (Lipinski definition) is 4. The van der Waals surface area contributed by atoms with E-state index in [9.17, 15) is 4.79 Å². The zero-order valence-corrected chi connectivity index (χ0v) is 10.0. The lowest BCUT2D eigenvalue weighted by Gasteiger charge is -2.08. The predicted molar refractivity (Wildman–Crippen MR) is 66.8 cm³/mol. The van der Waals surface area contributed by atoms with Crippen LogP contribution in [0.3, 0.4) is 0 Å². The second-order valence-corrected chi connectivity index (χ2v) is 3.82. The van der Waals surface area contributed by atoms with Crippen molar-refractivity contribution in [2.45, 2.75) is 13.5 Å². The van der Waals surface area contributed by atoms with E-state index in [0.717, 1.165) is 5.56 Å². The molecule has 0 atom stereocenters. The monoisotopic (exact) mass is 246 g/mol. The van der Waals surface area contributed by atoms with Crippen LogP contribution in [-0.4, -0.2) is 21.5 Å². The van der Waals surface area contributed by atoms with E-state index in [0.29, 0.717) is 11.6 Å². The van der Waals surface area contributed by atoms with Gasteiger partial charge in [-0.1, -0.05) is 18.2 Å². The fourth-order valence-electron chi connectivity index (χ4n) is 1.52. The average molecular weight is 246 g/mol. The zero-order valence-electron chi connectivity index (χ0n) is 10.0. The van der Waals surface area contributed by atoms with Gasteiger partial charge in [0.1, 0.15) is 5.75 Å². The first-order valence-electron chi connectivity index (χ1n) is 5.63. The van der Waals surface area contributed by atoms with Crippen LogP contribution < -0.4 is 10.3 Å². The van der Waals surface area contributed by atoms with Gasteiger partial charge in [-0.3, -0.25) is 4.79 Å². The van der Waals surface area contributed by atoms with Crippen LogP contribution in [0, 0.1) is 6.92 Å². The Morgan fingerprint density at radius 2 is 2.06 bits per heavy atom. The van der Waals surface area contributed by atoms with Crippen LogP contribution in [0.25, 0.3) is 0 Å². The molecular formula is C13H14N2O3. The van der Waals surface area contributed by atoms with Gasteiger partial charge in [0.2, 0.25) is 5.88 Å². The van der Waals surface area contributed by atoms with Crippen LogP contribution in [0.1, 0.15) is 5.56 Å². The number of aliphatic hydroxyl groups excluding tert-OH is 1. The molecule has 0 saturated heterocycles. The van der Waals surface area contributed by atoms with Gasteiger partial charge >= 0.3 is 0 Å². The Morgan fingerprint density at radius 3 is 2.78 bits per heavy atom. The van der Waals surface area contributed by atoms with Crippen LogP contribution in [0.2, 0.25) is 0 Å². The Kier molecular flexibility index (Phi) is 3.74. The highest BCUT2D eigenvalue weighted by Crippen LogP contribution is 2.21. The number of aliphatic hydroxyl groups is 1. The molecule has 0 fully saturated rings. The summed E-state index contributed by atoms with van der Waals surface area (Å²) >= 11 is 0. The molecule has 0 radical (unpaired) electrons. The first-order valence-corrected chi connectivity index (χ1v) is 5.63. The highest BCUT2D eigenvalue weighted by molar-refractivity contribution is 5.34. The predicted octanol–water partition coefficient (Wildman–Crippen LogP) is 1.34. The summed E-state index contributed by atoms with van der Waals surface area (Å²) in [6.45, 7) is 1.95. The lowest BCUT2D eigenvalue weighted by atomic mass is 10.2. The largest absolute Gasteiger partial charge is 0.437 e. The molecule has 2 aromatic rings. The van der Waals surface area contributed by atoms with E-state index in [-0.39, 0.29) is 18.7 Å². The second-order valence-electron chi connectivity index (χ2n) is 3.82. The van der Waals surface area contributed by atoms with Gasteiger partial charge in [0.25, 0.3) is 5.56 Å². The maximum Gasteiger partial charge on any atom is 0.267 e. The Balaban J connectivity index is 2.27. The minimum absolute atomic E-state index is 0.138. The summed E-state index contributed by atoms with van der Waals surface area (Å²) in [7, 11) is 0. The van der Waals surface area contributed by atoms with Crippen molar-refractivity contribution in [3.8, 4) is 11.6 Å². The third-order valence-electron chi connectivity index (χ3n) is 2.46. The normalized spacial score (nSPS) is 10.3. The van der Waals surface area contributed by atoms with E-state index >= 15 is 0 Å². The lowest BCUT2D eigenvalue weighted by molar-refractivity contribution is 0.263. The third kappa shape index (κ3) is 2.75. The van der Waals surface area contributed by atoms with Crippen molar-refractivity contribution in [1.82, 2.24) is 9.78 Å². The topological polar surface area (TPSA) is 64.3 Å². The number of hydrogen-bond donors (Lipinski definition) is 1. The first kappa shape index (κ1) is 12.3. The van der Waals surface area contributed by atoms with Crippen molar-refractivity contribution in [3.05, 3.63) is 52.3 Å². The molecule has 0 unspecified atom stereocenters. The average Bonchev–Trinajstić information content (AvgIpc) is 2.36. The summed E-state index contributed by atoms with van der Waals surface area (Å²) in [6, 6.07) is 10.4. The molecule has 0 amide bonds. The molecular weight excluding hydrogens is 232 g/mol. The molecule has 5 heteroatoms. The Bertz CT molecular complexity index is 593. The molecule has 1 aromatic carbocycles. The molecule has 0 saturated carbocycles. The van der Waals surface area contributed by atoms with E-state index < -0.39 is 0 Å². The lowest BCUT2D eigenvalue weighted by Crippen LogP contribution is -2.23. The van der Waals surface area contributed by atoms with Gasteiger partial charge in [-0.2, -0.15) is 0 Å². The summed E-state index contributed by atoms with van der Waals surface area (Å²) in [5.74, 6) is 1.02. The number of para-hydroxylation sites is 1. The van der Waals surface area contributed by atoms with Crippen LogP contribution in [0.4, 0.5) is 0 Å². The number of aryl methyl sites for hydroxylation is 1. The van der Waals surface area contributed by atoms with Gasteiger partial charge in [-0.05, 0) is 18.6 Å². The van der Waals surface area contributed by atoms with E-state index in [2.05, 4.69) is 5.10 Å². The van der Waals surface area contributed by atoms with E-state index in [1.54, 1.807) is 0 Å². The van der Waals surface area contributed by atoms with Crippen LogP contribution in [0.5, 0.6) is 11.6 Å². The first-order chi connectivity index (χ1) is 8.70. The molecule has 1 heterocycles. The minimum Gasteiger partial charge on any atom is -0.437 e. The molecule has 0 aliphatic carbocycles. The zero-order chi connectivity index (χ0) is 13.0. The van der Waals surface area contributed by atoms with Crippen LogP contribution in [-0.2, 0) is 6.54 Å². The third-order valence-corrected chi connectivity index (χ3v) is 2.46. The van der Waals surface area contributed by atoms with Gasteiger partial charge in [-0.25, -0.2) is 4.68 Å². The second kappa shape index (κ2) is 5.46. The van der Waals surface area contributed by atoms with Crippen molar-refractivity contribution in [1.29, 1.82) is 0 Å². The molecule has 1 N–H and O–H groups in total. The molecule has 5 nitrogen and oxygen atoms in total. The van der Waals surface area contributed by atoms with E-state index in [1.165, 1.54) is 16.8 Å². The standard InChI is InChI=1S/C13H14N2O3/c1-10-4-2-3-5-11(10)18-12-6-7-13(17)15(14-12)8-9-16/h2-7,16H,8-9H2,1H3. The fraction of sp³-hybridized carbons (Fsp3) is 0.231. The maximum absolute atomic E-state index is 11.4. The van der Waals surface area contributed by atoms with Gasteiger partial charge in [-0.15, -0.1) is 5.10 Å². The number of ether oxygens (including phenoxy) is 1. The molecule has 1 aromatic heterocycles. The highest BCUT2D eigenvalue weighted by atomic mass is 16.5. The quantitative estimate of drug-likeness (QED) is 0.884. The SMILES string of the molecule is Cc1ccccc1Oc1ccc(=O)n(CCO)n1. The van der Waals surface area contributed by atoms with Gasteiger partial charge in [0, 0.05) is 12.1 Å². The summed E-state index contributed by atoms with van der Waals surface area (Å²) < 4.78 is 6.77. The molecule has 94 valence electrons. The number of benzene rings is 1. The van der Waals surface area contributed by atoms with Crippen LogP contribution >= 0.6 is 0 Å². The maximum atomic E-state index is 11.4. The van der Waals surface area contributed by atoms with E-state index in [1.807, 2.05) is 31.2 Å². The van der Waals surface area contributed by atoms with Crippen molar-refractivity contribution >= 4 is 0 Å². The van der Waals surface area contributed by atoms with Crippen LogP contribution in [0.15, 0.2) is 41.2 Å². The summed E-state index contributed by atoms with van der Waals surface area (Å²) in [4.78, 5) is 11.4. The number of nitrogens with zero attached hydrogens (tertiary/aromatic N) is 2. The smallest absolute Gasteiger partial charge is 0.267 e. The summed E-state index contributed by atoms with van der Waals surface area (Å²) in [5, 5.41) is 12.8. The Labute approximate surface area is 104 Å². The summed E-state index contributed by atoms with van der Waals surface area (Å²) in [5.41, 5.74) is 0.723. The van der Waals surface area contributed by atoms with Gasteiger partial charge in [0.05, 0.1) is 13.2 Å². The molecule has 0 aliphatic heterocycles. The summed E-state index contributed by atoms with van der Waals surface area (Å²) in [6.07, 6.45) is 0. The van der Waals surface area contributed by atoms with Crippen molar-refractivity contribution in [3.63, 3.8) is 0 Å². The van der Waals surface area contributed by atoms with Crippen molar-refractivity contribution in [2.24, 2.45) is 0 Å². The minimum atomic E-state index is -0.263. The highest BCUT2D eigenvalue weighted by Gasteiger charge is 2.04. The van der Waals surface area contributed by atoms with Gasteiger partial charge in [0.15, 0.2) is 0 Å². The van der Waals surface area contributed by atoms with Gasteiger partial charge < -0.3 is 9.84 Å². The molecule has 0 aliphatic rings. The van der Waals surface area contributed by atoms with E-state index in [4.69, 9.17) is 9.84 Å². The number of aromatic nitrogens is 2. The Morgan fingerprint density at radius 1 is 1.28 bits per heavy atom. The molecule has 2 rings (SSSR count). The van der Waals surface area contributed by atoms with Crippen molar-refractivity contribution in [2.75, 3.05) is 6.61 Å². The number of rotatable bonds is 4. The molecule has 0 bridgehead atoms. The fourth-order valence-corrected chi connectivity index (χ4v) is 1.52.